The highest BCUT2D eigenvalue weighted by Gasteiger charge is 2.17. The number of halogens is 1. The van der Waals surface area contributed by atoms with Gasteiger partial charge in [-0.1, -0.05) is 17.8 Å². The van der Waals surface area contributed by atoms with Crippen molar-refractivity contribution in [2.45, 2.75) is 10.5 Å². The fraction of sp³-hybridized carbons (Fsp3) is 0.143. The molecule has 0 fully saturated rings. The molecule has 1 unspecified atom stereocenters. The third-order valence-electron chi connectivity index (χ3n) is 1.06. The molecule has 1 atom stereocenters. The van der Waals surface area contributed by atoms with Gasteiger partial charge in [0.15, 0.2) is 0 Å². The number of aliphatic carboxylic acids is 1. The summed E-state index contributed by atoms with van der Waals surface area (Å²) in [4.78, 5) is 13.8. The van der Waals surface area contributed by atoms with Gasteiger partial charge in [-0.25, -0.2) is 14.2 Å². The molecule has 0 aliphatic carbocycles. The zero-order valence-electron chi connectivity index (χ0n) is 5.98. The quantitative estimate of drug-likeness (QED) is 0.729. The number of carbonyl (C=O) groups is 1. The van der Waals surface area contributed by atoms with E-state index in [0.29, 0.717) is 16.8 Å². The molecule has 1 N–H and O–H groups in total. The molecule has 0 spiro atoms. The smallest absolute Gasteiger partial charge is 0.349 e. The molecular formula is C7H6FNO2S. The predicted octanol–water partition coefficient (Wildman–Crippen LogP) is 1.55. The van der Waals surface area contributed by atoms with Crippen molar-refractivity contribution in [2.24, 2.45) is 0 Å². The van der Waals surface area contributed by atoms with Crippen LogP contribution in [-0.2, 0) is 4.79 Å². The number of carboxylic acid groups (broad SMARTS) is 1. The molecule has 12 heavy (non-hydrogen) atoms. The lowest BCUT2D eigenvalue weighted by Crippen LogP contribution is -2.09. The van der Waals surface area contributed by atoms with E-state index in [4.69, 9.17) is 5.11 Å². The Morgan fingerprint density at radius 1 is 1.67 bits per heavy atom. The van der Waals surface area contributed by atoms with Crippen molar-refractivity contribution in [3.8, 4) is 0 Å². The Labute approximate surface area is 72.6 Å². The third-order valence-corrected chi connectivity index (χ3v) is 1.95. The van der Waals surface area contributed by atoms with Crippen molar-refractivity contribution in [1.82, 2.24) is 4.98 Å². The van der Waals surface area contributed by atoms with E-state index in [9.17, 15) is 9.18 Å². The van der Waals surface area contributed by atoms with Gasteiger partial charge < -0.3 is 5.11 Å². The highest BCUT2D eigenvalue weighted by molar-refractivity contribution is 8.00. The van der Waals surface area contributed by atoms with E-state index >= 15 is 0 Å². The van der Waals surface area contributed by atoms with Gasteiger partial charge in [0.25, 0.3) is 0 Å². The lowest BCUT2D eigenvalue weighted by Gasteiger charge is -2.00. The van der Waals surface area contributed by atoms with Crippen LogP contribution in [0.3, 0.4) is 0 Å². The van der Waals surface area contributed by atoms with Crippen LogP contribution in [0, 0.1) is 0 Å². The van der Waals surface area contributed by atoms with Crippen LogP contribution in [0.5, 0.6) is 0 Å². The van der Waals surface area contributed by atoms with Gasteiger partial charge in [-0.15, -0.1) is 0 Å². The van der Waals surface area contributed by atoms with Crippen molar-refractivity contribution < 1.29 is 14.3 Å². The number of nitrogens with zero attached hydrogens (tertiary/aromatic N) is 1. The first-order valence-electron chi connectivity index (χ1n) is 3.14. The second kappa shape index (κ2) is 4.06. The van der Waals surface area contributed by atoms with Crippen LogP contribution < -0.4 is 0 Å². The Bertz CT molecular complexity index is 267. The lowest BCUT2D eigenvalue weighted by atomic mass is 10.5. The summed E-state index contributed by atoms with van der Waals surface area (Å²) >= 11 is 0.574. The Hall–Kier alpha value is -1.10. The van der Waals surface area contributed by atoms with Crippen molar-refractivity contribution >= 4 is 17.7 Å². The molecule has 1 rings (SSSR count). The summed E-state index contributed by atoms with van der Waals surface area (Å²) in [5.41, 5.74) is -1.94. The van der Waals surface area contributed by atoms with Crippen molar-refractivity contribution in [1.29, 1.82) is 0 Å². The normalized spacial score (nSPS) is 12.4. The van der Waals surface area contributed by atoms with E-state index in [0.717, 1.165) is 0 Å². The minimum absolute atomic E-state index is 0.368. The maximum absolute atomic E-state index is 12.5. The minimum Gasteiger partial charge on any atom is -0.478 e. The van der Waals surface area contributed by atoms with E-state index in [1.807, 2.05) is 0 Å². The average Bonchev–Trinajstić information content (AvgIpc) is 2.06. The van der Waals surface area contributed by atoms with Gasteiger partial charge in [-0.05, 0) is 12.1 Å². The Kier molecular flexibility index (Phi) is 3.04. The van der Waals surface area contributed by atoms with Crippen LogP contribution in [0.15, 0.2) is 29.4 Å². The molecule has 5 heteroatoms. The lowest BCUT2D eigenvalue weighted by molar-refractivity contribution is -0.139. The molecule has 0 radical (unpaired) electrons. The van der Waals surface area contributed by atoms with E-state index in [-0.39, 0.29) is 0 Å². The monoisotopic (exact) mass is 187 g/mol. The van der Waals surface area contributed by atoms with Crippen LogP contribution in [0.1, 0.15) is 0 Å². The first-order valence-corrected chi connectivity index (χ1v) is 4.02. The summed E-state index contributed by atoms with van der Waals surface area (Å²) in [5, 5.41) is 8.59. The highest BCUT2D eigenvalue weighted by Crippen LogP contribution is 2.21. The number of pyridine rings is 1. The van der Waals surface area contributed by atoms with Gasteiger partial charge in [0.05, 0.1) is 5.03 Å². The molecule has 0 aromatic carbocycles. The summed E-state index contributed by atoms with van der Waals surface area (Å²) in [7, 11) is 0. The van der Waals surface area contributed by atoms with E-state index < -0.39 is 11.5 Å². The van der Waals surface area contributed by atoms with Gasteiger partial charge in [0.1, 0.15) is 0 Å². The first-order chi connectivity index (χ1) is 5.70. The fourth-order valence-electron chi connectivity index (χ4n) is 0.573. The Morgan fingerprint density at radius 3 is 2.92 bits per heavy atom. The van der Waals surface area contributed by atoms with Crippen LogP contribution in [0.25, 0.3) is 0 Å². The molecular weight excluding hydrogens is 181 g/mol. The summed E-state index contributed by atoms with van der Waals surface area (Å²) in [6.45, 7) is 0. The molecule has 3 nitrogen and oxygen atoms in total. The van der Waals surface area contributed by atoms with Gasteiger partial charge in [0, 0.05) is 6.20 Å². The van der Waals surface area contributed by atoms with Gasteiger partial charge in [-0.2, -0.15) is 0 Å². The molecule has 0 aliphatic heterocycles. The van der Waals surface area contributed by atoms with Crippen LogP contribution >= 0.6 is 11.8 Å². The molecule has 1 aromatic rings. The molecule has 0 saturated heterocycles. The summed E-state index contributed by atoms with van der Waals surface area (Å²) < 4.78 is 12.5. The standard InChI is InChI=1S/C7H6FNO2S/c8-6(7(10)11)12-5-3-1-2-4-9-5/h1-4,6H,(H,10,11). The maximum Gasteiger partial charge on any atom is 0.349 e. The molecule has 0 saturated carbocycles. The maximum atomic E-state index is 12.5. The molecule has 0 bridgehead atoms. The third kappa shape index (κ3) is 2.50. The molecule has 0 amide bonds. The zero-order valence-corrected chi connectivity index (χ0v) is 6.79. The number of aromatic nitrogens is 1. The van der Waals surface area contributed by atoms with Crippen LogP contribution in [-0.4, -0.2) is 21.6 Å². The van der Waals surface area contributed by atoms with Gasteiger partial charge >= 0.3 is 5.97 Å². The van der Waals surface area contributed by atoms with Crippen LogP contribution in [0.4, 0.5) is 4.39 Å². The van der Waals surface area contributed by atoms with Crippen molar-refractivity contribution in [3.63, 3.8) is 0 Å². The Balaban J connectivity index is 2.58. The minimum atomic E-state index is -1.94. The number of hydrogen-bond acceptors (Lipinski definition) is 3. The predicted molar refractivity (Wildman–Crippen MR) is 42.6 cm³/mol. The second-order valence-electron chi connectivity index (χ2n) is 1.94. The SMILES string of the molecule is O=C(O)C(F)Sc1ccccn1. The first kappa shape index (κ1) is 8.99. The number of hydrogen-bond donors (Lipinski definition) is 1. The second-order valence-corrected chi connectivity index (χ2v) is 3.01. The fourth-order valence-corrected chi connectivity index (χ4v) is 1.16. The molecule has 0 aliphatic rings. The van der Waals surface area contributed by atoms with E-state index in [2.05, 4.69) is 4.98 Å². The number of thioether (sulfide) groups is 1. The number of alkyl halides is 1. The van der Waals surface area contributed by atoms with Crippen LogP contribution in [0.2, 0.25) is 0 Å². The van der Waals surface area contributed by atoms with E-state index in [1.54, 1.807) is 18.2 Å². The van der Waals surface area contributed by atoms with Crippen molar-refractivity contribution in [2.75, 3.05) is 0 Å². The molecule has 1 heterocycles. The van der Waals surface area contributed by atoms with E-state index in [1.165, 1.54) is 6.20 Å². The van der Waals surface area contributed by atoms with Gasteiger partial charge in [0.2, 0.25) is 5.50 Å². The molecule has 1 aromatic heterocycles. The topological polar surface area (TPSA) is 50.2 Å². The molecule has 64 valence electrons. The summed E-state index contributed by atoms with van der Waals surface area (Å²) in [6, 6.07) is 4.90. The largest absolute Gasteiger partial charge is 0.478 e. The Morgan fingerprint density at radius 2 is 2.42 bits per heavy atom. The number of carboxylic acids is 1. The van der Waals surface area contributed by atoms with Gasteiger partial charge in [-0.3, -0.25) is 0 Å². The average molecular weight is 187 g/mol. The van der Waals surface area contributed by atoms with Crippen molar-refractivity contribution in [3.05, 3.63) is 24.4 Å². The highest BCUT2D eigenvalue weighted by atomic mass is 32.2. The zero-order chi connectivity index (χ0) is 8.97. The summed E-state index contributed by atoms with van der Waals surface area (Å²) in [5.74, 6) is -1.48. The number of rotatable bonds is 3. The summed E-state index contributed by atoms with van der Waals surface area (Å²) in [6.07, 6.45) is 1.48.